The van der Waals surface area contributed by atoms with Gasteiger partial charge in [-0.05, 0) is 13.8 Å². The summed E-state index contributed by atoms with van der Waals surface area (Å²) in [5.41, 5.74) is 1.25. The van der Waals surface area contributed by atoms with Crippen LogP contribution in [0.15, 0.2) is 18.6 Å². The highest BCUT2D eigenvalue weighted by atomic mass is 35.5. The highest BCUT2D eigenvalue weighted by Gasteiger charge is 2.20. The van der Waals surface area contributed by atoms with Crippen molar-refractivity contribution < 1.29 is 14.3 Å². The standard InChI is InChI=1S/C13H13ClN4O3/c1-3-21-13(20)11-7(2)16-5-8(11)18-12(19)9-4-15-6-10(14)17-9/h4-6,16H,3H2,1-2H3,(H,18,19). The lowest BCUT2D eigenvalue weighted by molar-refractivity contribution is 0.0527. The number of anilines is 1. The van der Waals surface area contributed by atoms with E-state index in [0.717, 1.165) is 0 Å². The van der Waals surface area contributed by atoms with Gasteiger partial charge in [0.15, 0.2) is 0 Å². The molecule has 21 heavy (non-hydrogen) atoms. The second-order valence-corrected chi connectivity index (χ2v) is 4.49. The second-order valence-electron chi connectivity index (χ2n) is 4.10. The van der Waals surface area contributed by atoms with Crippen LogP contribution in [-0.2, 0) is 4.74 Å². The van der Waals surface area contributed by atoms with Crippen molar-refractivity contribution in [2.75, 3.05) is 11.9 Å². The molecule has 2 aromatic rings. The molecule has 0 aromatic carbocycles. The molecule has 1 amide bonds. The van der Waals surface area contributed by atoms with Gasteiger partial charge in [0.05, 0.1) is 24.7 Å². The number of amides is 1. The summed E-state index contributed by atoms with van der Waals surface area (Å²) in [5, 5.41) is 2.69. The van der Waals surface area contributed by atoms with Crippen LogP contribution in [0.2, 0.25) is 5.15 Å². The van der Waals surface area contributed by atoms with Crippen molar-refractivity contribution in [3.8, 4) is 0 Å². The van der Waals surface area contributed by atoms with Crippen molar-refractivity contribution >= 4 is 29.2 Å². The Balaban J connectivity index is 2.24. The van der Waals surface area contributed by atoms with E-state index in [1.54, 1.807) is 13.8 Å². The second kappa shape index (κ2) is 6.36. The summed E-state index contributed by atoms with van der Waals surface area (Å²) in [7, 11) is 0. The number of ether oxygens (including phenoxy) is 1. The smallest absolute Gasteiger partial charge is 0.342 e. The van der Waals surface area contributed by atoms with Crippen LogP contribution in [0.25, 0.3) is 0 Å². The number of rotatable bonds is 4. The van der Waals surface area contributed by atoms with E-state index in [4.69, 9.17) is 16.3 Å². The van der Waals surface area contributed by atoms with Gasteiger partial charge < -0.3 is 15.0 Å². The van der Waals surface area contributed by atoms with Crippen LogP contribution >= 0.6 is 11.6 Å². The third kappa shape index (κ3) is 3.38. The lowest BCUT2D eigenvalue weighted by Gasteiger charge is -2.06. The minimum Gasteiger partial charge on any atom is -0.462 e. The van der Waals surface area contributed by atoms with Gasteiger partial charge in [-0.25, -0.2) is 9.78 Å². The van der Waals surface area contributed by atoms with E-state index in [1.807, 2.05) is 0 Å². The first-order valence-corrected chi connectivity index (χ1v) is 6.54. The van der Waals surface area contributed by atoms with Gasteiger partial charge in [0.1, 0.15) is 16.4 Å². The molecule has 0 unspecified atom stereocenters. The van der Waals surface area contributed by atoms with Crippen molar-refractivity contribution in [1.82, 2.24) is 15.0 Å². The molecule has 0 aliphatic rings. The molecular formula is C13H13ClN4O3. The minimum atomic E-state index is -0.519. The van der Waals surface area contributed by atoms with Gasteiger partial charge in [0, 0.05) is 11.9 Å². The van der Waals surface area contributed by atoms with E-state index in [0.29, 0.717) is 11.4 Å². The number of aromatic nitrogens is 3. The van der Waals surface area contributed by atoms with Gasteiger partial charge >= 0.3 is 5.97 Å². The van der Waals surface area contributed by atoms with E-state index in [9.17, 15) is 9.59 Å². The quantitative estimate of drug-likeness (QED) is 0.844. The minimum absolute atomic E-state index is 0.0520. The van der Waals surface area contributed by atoms with Crippen LogP contribution in [0.3, 0.4) is 0 Å². The molecule has 8 heteroatoms. The van der Waals surface area contributed by atoms with Crippen LogP contribution < -0.4 is 5.32 Å². The van der Waals surface area contributed by atoms with Crippen LogP contribution in [0.4, 0.5) is 5.69 Å². The number of halogens is 1. The molecule has 0 fully saturated rings. The number of aryl methyl sites for hydroxylation is 1. The lowest BCUT2D eigenvalue weighted by atomic mass is 10.2. The van der Waals surface area contributed by atoms with E-state index < -0.39 is 11.9 Å². The zero-order chi connectivity index (χ0) is 15.4. The van der Waals surface area contributed by atoms with Crippen molar-refractivity contribution in [2.24, 2.45) is 0 Å². The molecule has 0 aliphatic carbocycles. The summed E-state index contributed by atoms with van der Waals surface area (Å²) in [5.74, 6) is -1.03. The number of nitrogens with zero attached hydrogens (tertiary/aromatic N) is 2. The number of aromatic amines is 1. The average molecular weight is 309 g/mol. The number of H-pyrrole nitrogens is 1. The monoisotopic (exact) mass is 308 g/mol. The molecule has 2 N–H and O–H groups in total. The van der Waals surface area contributed by atoms with Gasteiger partial charge in [-0.15, -0.1) is 0 Å². The molecular weight excluding hydrogens is 296 g/mol. The summed E-state index contributed by atoms with van der Waals surface area (Å²) in [6.45, 7) is 3.66. The van der Waals surface area contributed by atoms with Crippen LogP contribution in [-0.4, -0.2) is 33.4 Å². The Kier molecular flexibility index (Phi) is 4.54. The third-order valence-electron chi connectivity index (χ3n) is 2.64. The molecule has 7 nitrogen and oxygen atoms in total. The van der Waals surface area contributed by atoms with Gasteiger partial charge in [0.25, 0.3) is 5.91 Å². The molecule has 2 rings (SSSR count). The highest BCUT2D eigenvalue weighted by molar-refractivity contribution is 6.29. The largest absolute Gasteiger partial charge is 0.462 e. The predicted molar refractivity (Wildman–Crippen MR) is 76.5 cm³/mol. The Bertz CT molecular complexity index is 684. The molecule has 0 saturated carbocycles. The topological polar surface area (TPSA) is 97.0 Å². The van der Waals surface area contributed by atoms with Crippen LogP contribution in [0, 0.1) is 6.92 Å². The zero-order valence-corrected chi connectivity index (χ0v) is 12.2. The number of carbonyl (C=O) groups excluding carboxylic acids is 2. The highest BCUT2D eigenvalue weighted by Crippen LogP contribution is 2.21. The fraction of sp³-hybridized carbons (Fsp3) is 0.231. The number of hydrogen-bond acceptors (Lipinski definition) is 5. The molecule has 2 aromatic heterocycles. The first kappa shape index (κ1) is 15.0. The molecule has 0 aliphatic heterocycles. The van der Waals surface area contributed by atoms with Crippen molar-refractivity contribution in [1.29, 1.82) is 0 Å². The molecule has 0 radical (unpaired) electrons. The molecule has 2 heterocycles. The summed E-state index contributed by atoms with van der Waals surface area (Å²) in [6, 6.07) is 0. The van der Waals surface area contributed by atoms with Gasteiger partial charge in [-0.3, -0.25) is 9.78 Å². The van der Waals surface area contributed by atoms with E-state index in [1.165, 1.54) is 18.6 Å². The molecule has 0 atom stereocenters. The van der Waals surface area contributed by atoms with Crippen molar-refractivity contribution in [3.05, 3.63) is 40.7 Å². The Morgan fingerprint density at radius 3 is 2.86 bits per heavy atom. The maximum absolute atomic E-state index is 12.1. The number of carbonyl (C=O) groups is 2. The zero-order valence-electron chi connectivity index (χ0n) is 11.4. The molecule has 110 valence electrons. The van der Waals surface area contributed by atoms with Crippen molar-refractivity contribution in [2.45, 2.75) is 13.8 Å². The molecule has 0 spiro atoms. The Morgan fingerprint density at radius 1 is 1.43 bits per heavy atom. The average Bonchev–Trinajstić information content (AvgIpc) is 2.80. The molecule has 0 bridgehead atoms. The summed E-state index contributed by atoms with van der Waals surface area (Å²) in [6.07, 6.45) is 4.12. The van der Waals surface area contributed by atoms with Gasteiger partial charge in [-0.1, -0.05) is 11.6 Å². The van der Waals surface area contributed by atoms with Gasteiger partial charge in [0.2, 0.25) is 0 Å². The van der Waals surface area contributed by atoms with E-state index in [-0.39, 0.29) is 23.0 Å². The fourth-order valence-electron chi connectivity index (χ4n) is 1.73. The Morgan fingerprint density at radius 2 is 2.19 bits per heavy atom. The summed E-state index contributed by atoms with van der Waals surface area (Å²) in [4.78, 5) is 34.4. The number of hydrogen-bond donors (Lipinski definition) is 2. The van der Waals surface area contributed by atoms with E-state index >= 15 is 0 Å². The SMILES string of the molecule is CCOC(=O)c1c(NC(=O)c2cncc(Cl)n2)c[nH]c1C. The lowest BCUT2D eigenvalue weighted by Crippen LogP contribution is -2.16. The number of nitrogens with one attached hydrogen (secondary N) is 2. The van der Waals surface area contributed by atoms with Crippen LogP contribution in [0.1, 0.15) is 33.5 Å². The van der Waals surface area contributed by atoms with Gasteiger partial charge in [-0.2, -0.15) is 0 Å². The normalized spacial score (nSPS) is 10.2. The predicted octanol–water partition coefficient (Wildman–Crippen LogP) is 2.20. The Labute approximate surface area is 125 Å². The first-order valence-electron chi connectivity index (χ1n) is 6.17. The number of esters is 1. The fourth-order valence-corrected chi connectivity index (χ4v) is 1.88. The third-order valence-corrected chi connectivity index (χ3v) is 2.82. The van der Waals surface area contributed by atoms with Crippen molar-refractivity contribution in [3.63, 3.8) is 0 Å². The maximum atomic E-state index is 12.1. The van der Waals surface area contributed by atoms with E-state index in [2.05, 4.69) is 20.3 Å². The Hall–Kier alpha value is -2.41. The molecule has 0 saturated heterocycles. The first-order chi connectivity index (χ1) is 10.0. The van der Waals surface area contributed by atoms with Crippen LogP contribution in [0.5, 0.6) is 0 Å². The summed E-state index contributed by atoms with van der Waals surface area (Å²) >= 11 is 5.69. The summed E-state index contributed by atoms with van der Waals surface area (Å²) < 4.78 is 4.95. The maximum Gasteiger partial charge on any atom is 0.342 e.